The summed E-state index contributed by atoms with van der Waals surface area (Å²) in [6.07, 6.45) is 1.77. The molecule has 7 nitrogen and oxygen atoms in total. The van der Waals surface area contributed by atoms with Gasteiger partial charge in [0.1, 0.15) is 5.69 Å². The number of anilines is 1. The average molecular weight is 313 g/mol. The van der Waals surface area contributed by atoms with E-state index in [1.54, 1.807) is 12.1 Å². The van der Waals surface area contributed by atoms with Crippen LogP contribution in [0.3, 0.4) is 0 Å². The maximum Gasteiger partial charge on any atom is 0.292 e. The fraction of sp³-hybridized carbons (Fsp3) is 0.200. The Morgan fingerprint density at radius 3 is 3.00 bits per heavy atom. The van der Waals surface area contributed by atoms with Crippen LogP contribution in [0.2, 0.25) is 0 Å². The highest BCUT2D eigenvalue weighted by Gasteiger charge is 2.13. The molecule has 1 aromatic carbocycles. The minimum atomic E-state index is -0.427. The minimum Gasteiger partial charge on any atom is -0.379 e. The second-order valence-electron chi connectivity index (χ2n) is 3.44. The van der Waals surface area contributed by atoms with Gasteiger partial charge < -0.3 is 9.84 Å². The molecule has 2 rings (SSSR count). The summed E-state index contributed by atoms with van der Waals surface area (Å²) in [5.74, 6) is 0.556. The van der Waals surface area contributed by atoms with Crippen molar-refractivity contribution < 1.29 is 9.45 Å². The lowest BCUT2D eigenvalue weighted by atomic mass is 10.2. The van der Waals surface area contributed by atoms with Gasteiger partial charge in [-0.2, -0.15) is 4.98 Å². The van der Waals surface area contributed by atoms with E-state index in [4.69, 9.17) is 0 Å². The molecule has 1 aromatic heterocycles. The maximum absolute atomic E-state index is 10.8. The number of nitro benzene ring substituents is 1. The number of halogens is 1. The number of nitrogens with one attached hydrogen (secondary N) is 1. The van der Waals surface area contributed by atoms with Gasteiger partial charge in [0.15, 0.2) is 5.82 Å². The van der Waals surface area contributed by atoms with Crippen molar-refractivity contribution in [1.29, 1.82) is 0 Å². The molecule has 0 saturated heterocycles. The number of hydrogen-bond acceptors (Lipinski definition) is 6. The zero-order valence-electron chi connectivity index (χ0n) is 9.17. The van der Waals surface area contributed by atoms with E-state index in [-0.39, 0.29) is 5.69 Å². The van der Waals surface area contributed by atoms with Crippen LogP contribution < -0.4 is 5.32 Å². The summed E-state index contributed by atoms with van der Waals surface area (Å²) in [7, 11) is 0. The molecule has 0 saturated carbocycles. The number of nitro groups is 1. The van der Waals surface area contributed by atoms with Crippen molar-refractivity contribution in [3.8, 4) is 0 Å². The molecule has 0 atom stereocenters. The molecule has 0 amide bonds. The van der Waals surface area contributed by atoms with Gasteiger partial charge in [0.25, 0.3) is 5.69 Å². The lowest BCUT2D eigenvalue weighted by Crippen LogP contribution is -2.07. The Bertz CT molecular complexity index is 544. The third-order valence-corrected chi connectivity index (χ3v) is 2.72. The smallest absolute Gasteiger partial charge is 0.292 e. The van der Waals surface area contributed by atoms with Crippen LogP contribution in [0.15, 0.2) is 33.6 Å². The molecule has 0 radical (unpaired) electrons. The van der Waals surface area contributed by atoms with Gasteiger partial charge in [-0.1, -0.05) is 21.1 Å². The summed E-state index contributed by atoms with van der Waals surface area (Å²) in [6, 6.07) is 4.73. The SMILES string of the molecule is O=[N+]([O-])c1ccc(Br)cc1NCCc1ncon1. The van der Waals surface area contributed by atoms with Crippen LogP contribution in [0.4, 0.5) is 11.4 Å². The molecule has 0 aliphatic heterocycles. The first-order valence-corrected chi connectivity index (χ1v) is 5.89. The van der Waals surface area contributed by atoms with E-state index in [9.17, 15) is 10.1 Å². The van der Waals surface area contributed by atoms with Gasteiger partial charge in [0.2, 0.25) is 6.39 Å². The Labute approximate surface area is 110 Å². The Balaban J connectivity index is 2.03. The third kappa shape index (κ3) is 3.04. The molecule has 1 N–H and O–H groups in total. The number of rotatable bonds is 5. The molecule has 18 heavy (non-hydrogen) atoms. The van der Waals surface area contributed by atoms with Crippen molar-refractivity contribution in [2.45, 2.75) is 6.42 Å². The van der Waals surface area contributed by atoms with Gasteiger partial charge in [-0.15, -0.1) is 0 Å². The summed E-state index contributed by atoms with van der Waals surface area (Å²) < 4.78 is 5.37. The molecule has 0 spiro atoms. The second kappa shape index (κ2) is 5.58. The molecule has 0 aliphatic rings. The fourth-order valence-electron chi connectivity index (χ4n) is 1.42. The normalized spacial score (nSPS) is 10.3. The lowest BCUT2D eigenvalue weighted by molar-refractivity contribution is -0.384. The summed E-state index contributed by atoms with van der Waals surface area (Å²) in [5, 5.41) is 17.5. The molecule has 1 heterocycles. The maximum atomic E-state index is 10.8. The quantitative estimate of drug-likeness (QED) is 0.673. The van der Waals surface area contributed by atoms with Gasteiger partial charge in [0, 0.05) is 23.5 Å². The highest BCUT2D eigenvalue weighted by atomic mass is 79.9. The second-order valence-corrected chi connectivity index (χ2v) is 4.36. The number of hydrogen-bond donors (Lipinski definition) is 1. The fourth-order valence-corrected chi connectivity index (χ4v) is 1.78. The van der Waals surface area contributed by atoms with Crippen molar-refractivity contribution in [2.24, 2.45) is 0 Å². The molecule has 8 heteroatoms. The van der Waals surface area contributed by atoms with E-state index in [0.717, 1.165) is 4.47 Å². The van der Waals surface area contributed by atoms with E-state index in [1.165, 1.54) is 12.5 Å². The van der Waals surface area contributed by atoms with E-state index in [0.29, 0.717) is 24.5 Å². The average Bonchev–Trinajstić information content (AvgIpc) is 2.82. The molecule has 0 fully saturated rings. The van der Waals surface area contributed by atoms with E-state index in [1.807, 2.05) is 0 Å². The van der Waals surface area contributed by atoms with Gasteiger partial charge in [-0.05, 0) is 12.1 Å². The molecule has 0 bridgehead atoms. The van der Waals surface area contributed by atoms with Crippen LogP contribution in [0, 0.1) is 10.1 Å². The van der Waals surface area contributed by atoms with Gasteiger partial charge in [-0.25, -0.2) is 0 Å². The van der Waals surface area contributed by atoms with Gasteiger partial charge in [-0.3, -0.25) is 10.1 Å². The number of aromatic nitrogens is 2. The van der Waals surface area contributed by atoms with Crippen LogP contribution in [-0.4, -0.2) is 21.6 Å². The van der Waals surface area contributed by atoms with E-state index < -0.39 is 4.92 Å². The summed E-state index contributed by atoms with van der Waals surface area (Å²) in [6.45, 7) is 0.483. The zero-order valence-corrected chi connectivity index (χ0v) is 10.8. The molecule has 0 aliphatic carbocycles. The first kappa shape index (κ1) is 12.5. The molecular weight excluding hydrogens is 304 g/mol. The summed E-state index contributed by atoms with van der Waals surface area (Å²) in [5.41, 5.74) is 0.490. The van der Waals surface area contributed by atoms with Gasteiger partial charge >= 0.3 is 0 Å². The van der Waals surface area contributed by atoms with Crippen molar-refractivity contribution in [2.75, 3.05) is 11.9 Å². The highest BCUT2D eigenvalue weighted by Crippen LogP contribution is 2.27. The molecule has 0 unspecified atom stereocenters. The van der Waals surface area contributed by atoms with Crippen LogP contribution in [0.1, 0.15) is 5.82 Å². The summed E-state index contributed by atoms with van der Waals surface area (Å²) >= 11 is 3.27. The first-order chi connectivity index (χ1) is 8.66. The number of nitrogens with zero attached hydrogens (tertiary/aromatic N) is 3. The van der Waals surface area contributed by atoms with Crippen molar-refractivity contribution >= 4 is 27.3 Å². The summed E-state index contributed by atoms with van der Waals surface area (Å²) in [4.78, 5) is 14.3. The van der Waals surface area contributed by atoms with Crippen LogP contribution in [0.5, 0.6) is 0 Å². The molecule has 94 valence electrons. The van der Waals surface area contributed by atoms with Crippen LogP contribution >= 0.6 is 15.9 Å². The first-order valence-electron chi connectivity index (χ1n) is 5.10. The Morgan fingerprint density at radius 1 is 1.50 bits per heavy atom. The predicted molar refractivity (Wildman–Crippen MR) is 67.3 cm³/mol. The number of benzene rings is 1. The lowest BCUT2D eigenvalue weighted by Gasteiger charge is -2.06. The van der Waals surface area contributed by atoms with Crippen molar-refractivity contribution in [1.82, 2.24) is 10.1 Å². The van der Waals surface area contributed by atoms with Crippen molar-refractivity contribution in [3.05, 3.63) is 45.0 Å². The topological polar surface area (TPSA) is 94.1 Å². The Kier molecular flexibility index (Phi) is 3.88. The van der Waals surface area contributed by atoms with Crippen LogP contribution in [0.25, 0.3) is 0 Å². The Hall–Kier alpha value is -1.96. The largest absolute Gasteiger partial charge is 0.379 e. The third-order valence-electron chi connectivity index (χ3n) is 2.23. The standard InChI is InChI=1S/C10H9BrN4O3/c11-7-1-2-9(15(16)17)8(5-7)12-4-3-10-13-6-18-14-10/h1-2,5-6,12H,3-4H2. The van der Waals surface area contributed by atoms with Crippen molar-refractivity contribution in [3.63, 3.8) is 0 Å². The molecular formula is C10H9BrN4O3. The predicted octanol–water partition coefficient (Wildman–Crippen LogP) is 2.39. The minimum absolute atomic E-state index is 0.0336. The highest BCUT2D eigenvalue weighted by molar-refractivity contribution is 9.10. The van der Waals surface area contributed by atoms with E-state index in [2.05, 4.69) is 35.9 Å². The van der Waals surface area contributed by atoms with Crippen LogP contribution in [-0.2, 0) is 6.42 Å². The monoisotopic (exact) mass is 312 g/mol. The van der Waals surface area contributed by atoms with E-state index >= 15 is 0 Å². The molecule has 2 aromatic rings. The zero-order chi connectivity index (χ0) is 13.0. The Morgan fingerprint density at radius 2 is 2.33 bits per heavy atom. The van der Waals surface area contributed by atoms with Gasteiger partial charge in [0.05, 0.1) is 4.92 Å².